The van der Waals surface area contributed by atoms with Gasteiger partial charge in [0.25, 0.3) is 5.91 Å². The normalized spacial score (nSPS) is 27.1. The van der Waals surface area contributed by atoms with Crippen molar-refractivity contribution in [3.8, 4) is 5.75 Å². The van der Waals surface area contributed by atoms with E-state index in [1.54, 1.807) is 0 Å². The lowest BCUT2D eigenvalue weighted by Gasteiger charge is -2.19. The van der Waals surface area contributed by atoms with Gasteiger partial charge in [0, 0.05) is 22.7 Å². The summed E-state index contributed by atoms with van der Waals surface area (Å²) in [5.74, 6) is 1.92. The third kappa shape index (κ3) is 3.81. The molecule has 1 aliphatic heterocycles. The van der Waals surface area contributed by atoms with Crippen LogP contribution in [0.25, 0.3) is 0 Å². The molecule has 2 aliphatic rings. The van der Waals surface area contributed by atoms with Gasteiger partial charge in [0.2, 0.25) is 0 Å². The molecule has 0 spiro atoms. The fraction of sp³-hybridized carbons (Fsp3) is 0.533. The molecule has 1 aliphatic carbocycles. The van der Waals surface area contributed by atoms with Gasteiger partial charge in [0.1, 0.15) is 5.75 Å². The lowest BCUT2D eigenvalue weighted by Crippen LogP contribution is -2.36. The van der Waals surface area contributed by atoms with Crippen molar-refractivity contribution in [3.63, 3.8) is 0 Å². The van der Waals surface area contributed by atoms with Crippen LogP contribution >= 0.6 is 35.0 Å². The number of hydrogen-bond acceptors (Lipinski definition) is 3. The van der Waals surface area contributed by atoms with E-state index >= 15 is 0 Å². The number of fused-ring (bicyclic) bond motifs is 1. The molecule has 1 aromatic rings. The van der Waals surface area contributed by atoms with Crippen LogP contribution in [0.3, 0.4) is 0 Å². The lowest BCUT2D eigenvalue weighted by molar-refractivity contribution is -0.132. The molecule has 4 nitrogen and oxygen atoms in total. The first kappa shape index (κ1) is 16.8. The zero-order valence-corrected chi connectivity index (χ0v) is 14.7. The van der Waals surface area contributed by atoms with Crippen molar-refractivity contribution >= 4 is 40.9 Å². The topological polar surface area (TPSA) is 55.6 Å². The number of benzene rings is 1. The smallest absolute Gasteiger partial charge is 0.260 e. The van der Waals surface area contributed by atoms with Crippen LogP contribution in [0.4, 0.5) is 0 Å². The van der Waals surface area contributed by atoms with Gasteiger partial charge < -0.3 is 15.4 Å². The highest BCUT2D eigenvalue weighted by atomic mass is 127. The van der Waals surface area contributed by atoms with E-state index in [2.05, 4.69) is 22.6 Å². The van der Waals surface area contributed by atoms with Crippen LogP contribution < -0.4 is 10.5 Å². The van der Waals surface area contributed by atoms with Gasteiger partial charge in [-0.05, 0) is 71.5 Å². The summed E-state index contributed by atoms with van der Waals surface area (Å²) >= 11 is 2.24. The third-order valence-corrected chi connectivity index (χ3v) is 5.16. The molecule has 21 heavy (non-hydrogen) atoms. The molecule has 0 radical (unpaired) electrons. The van der Waals surface area contributed by atoms with Crippen molar-refractivity contribution in [1.29, 1.82) is 0 Å². The van der Waals surface area contributed by atoms with E-state index in [1.165, 1.54) is 0 Å². The van der Waals surface area contributed by atoms with E-state index < -0.39 is 0 Å². The average molecular weight is 423 g/mol. The third-order valence-electron chi connectivity index (χ3n) is 4.44. The molecule has 0 bridgehead atoms. The molecule has 6 heteroatoms. The van der Waals surface area contributed by atoms with Crippen LogP contribution in [-0.2, 0) is 4.79 Å². The first-order valence-corrected chi connectivity index (χ1v) is 8.13. The summed E-state index contributed by atoms with van der Waals surface area (Å²) in [6, 6.07) is 8.00. The number of amides is 1. The maximum atomic E-state index is 12.2. The second kappa shape index (κ2) is 7.15. The van der Waals surface area contributed by atoms with Crippen molar-refractivity contribution in [3.05, 3.63) is 27.8 Å². The molecule has 1 heterocycles. The second-order valence-corrected chi connectivity index (χ2v) is 6.95. The minimum atomic E-state index is 0. The Bertz CT molecular complexity index is 497. The summed E-state index contributed by atoms with van der Waals surface area (Å²) in [5.41, 5.74) is 6.09. The predicted molar refractivity (Wildman–Crippen MR) is 92.7 cm³/mol. The van der Waals surface area contributed by atoms with Gasteiger partial charge in [0.15, 0.2) is 6.61 Å². The highest BCUT2D eigenvalue weighted by Gasteiger charge is 2.42. The van der Waals surface area contributed by atoms with Crippen molar-refractivity contribution < 1.29 is 9.53 Å². The van der Waals surface area contributed by atoms with Crippen LogP contribution in [0.2, 0.25) is 0 Å². The number of halogens is 2. The van der Waals surface area contributed by atoms with Crippen LogP contribution in [0, 0.1) is 15.4 Å². The molecule has 1 aromatic carbocycles. The fourth-order valence-corrected chi connectivity index (χ4v) is 3.64. The standard InChI is InChI=1S/C15H19IN2O2.ClH/c16-11-2-4-12(5-3-11)20-9-15(19)18-7-10-1-6-14(17)13(10)8-18;/h2-5,10,13-14H,1,6-9,17H2;1H. The monoisotopic (exact) mass is 422 g/mol. The number of ether oxygens (including phenoxy) is 1. The first-order chi connectivity index (χ1) is 9.63. The van der Waals surface area contributed by atoms with Gasteiger partial charge in [-0.3, -0.25) is 4.79 Å². The molecule has 3 unspecified atom stereocenters. The largest absolute Gasteiger partial charge is 0.484 e. The zero-order chi connectivity index (χ0) is 14.1. The average Bonchev–Trinajstić information content (AvgIpc) is 3.01. The van der Waals surface area contributed by atoms with Crippen molar-refractivity contribution in [2.24, 2.45) is 17.6 Å². The fourth-order valence-electron chi connectivity index (χ4n) is 3.28. The SMILES string of the molecule is Cl.NC1CCC2CN(C(=O)COc3ccc(I)cc3)CC12. The Morgan fingerprint density at radius 3 is 2.67 bits per heavy atom. The van der Waals surface area contributed by atoms with Crippen LogP contribution in [0.1, 0.15) is 12.8 Å². The summed E-state index contributed by atoms with van der Waals surface area (Å²) in [4.78, 5) is 14.1. The molecule has 3 rings (SSSR count). The lowest BCUT2D eigenvalue weighted by atomic mass is 9.98. The molecule has 2 fully saturated rings. The Morgan fingerprint density at radius 1 is 1.29 bits per heavy atom. The number of carbonyl (C=O) groups is 1. The number of nitrogens with two attached hydrogens (primary N) is 1. The van der Waals surface area contributed by atoms with Crippen LogP contribution in [0.15, 0.2) is 24.3 Å². The summed E-state index contributed by atoms with van der Waals surface area (Å²) in [5, 5.41) is 0. The Kier molecular flexibility index (Phi) is 5.73. The molecule has 1 amide bonds. The Hall–Kier alpha value is -0.530. The summed E-state index contributed by atoms with van der Waals surface area (Å²) < 4.78 is 6.71. The second-order valence-electron chi connectivity index (χ2n) is 5.71. The van der Waals surface area contributed by atoms with E-state index in [0.29, 0.717) is 11.8 Å². The summed E-state index contributed by atoms with van der Waals surface area (Å²) in [6.45, 7) is 1.78. The number of carbonyl (C=O) groups excluding carboxylic acids is 1. The van der Waals surface area contributed by atoms with Crippen molar-refractivity contribution in [1.82, 2.24) is 4.90 Å². The highest BCUT2D eigenvalue weighted by molar-refractivity contribution is 14.1. The number of hydrogen-bond donors (Lipinski definition) is 1. The van der Waals surface area contributed by atoms with Gasteiger partial charge in [0.05, 0.1) is 0 Å². The van der Waals surface area contributed by atoms with Gasteiger partial charge in [-0.15, -0.1) is 12.4 Å². The molecule has 116 valence electrons. The van der Waals surface area contributed by atoms with Crippen LogP contribution in [0.5, 0.6) is 5.75 Å². The van der Waals surface area contributed by atoms with Crippen molar-refractivity contribution in [2.45, 2.75) is 18.9 Å². The Balaban J connectivity index is 0.00000161. The molecule has 1 saturated heterocycles. The minimum absolute atomic E-state index is 0. The van der Waals surface area contributed by atoms with E-state index in [0.717, 1.165) is 35.3 Å². The number of rotatable bonds is 3. The van der Waals surface area contributed by atoms with Gasteiger partial charge in [-0.2, -0.15) is 0 Å². The Labute approximate surface area is 144 Å². The maximum absolute atomic E-state index is 12.2. The number of likely N-dealkylation sites (tertiary alicyclic amines) is 1. The Morgan fingerprint density at radius 2 is 2.00 bits per heavy atom. The molecule has 3 atom stereocenters. The maximum Gasteiger partial charge on any atom is 0.260 e. The van der Waals surface area contributed by atoms with E-state index in [1.807, 2.05) is 29.2 Å². The molecular weight excluding hydrogens is 403 g/mol. The van der Waals surface area contributed by atoms with Gasteiger partial charge in [-0.1, -0.05) is 0 Å². The van der Waals surface area contributed by atoms with Gasteiger partial charge in [-0.25, -0.2) is 0 Å². The number of nitrogens with zero attached hydrogens (tertiary/aromatic N) is 1. The summed E-state index contributed by atoms with van der Waals surface area (Å²) in [6.07, 6.45) is 2.27. The predicted octanol–water partition coefficient (Wildman–Crippen LogP) is 2.29. The molecule has 1 saturated carbocycles. The molecular formula is C15H20ClIN2O2. The zero-order valence-electron chi connectivity index (χ0n) is 11.7. The summed E-state index contributed by atoms with van der Waals surface area (Å²) in [7, 11) is 0. The van der Waals surface area contributed by atoms with Gasteiger partial charge >= 0.3 is 0 Å². The minimum Gasteiger partial charge on any atom is -0.484 e. The van der Waals surface area contributed by atoms with Crippen molar-refractivity contribution in [2.75, 3.05) is 19.7 Å². The van der Waals surface area contributed by atoms with E-state index in [4.69, 9.17) is 10.5 Å². The quantitative estimate of drug-likeness (QED) is 0.761. The van der Waals surface area contributed by atoms with E-state index in [-0.39, 0.29) is 31.0 Å². The highest BCUT2D eigenvalue weighted by Crippen LogP contribution is 2.37. The molecule has 0 aromatic heterocycles. The first-order valence-electron chi connectivity index (χ1n) is 7.05. The molecule has 2 N–H and O–H groups in total. The van der Waals surface area contributed by atoms with E-state index in [9.17, 15) is 4.79 Å². The van der Waals surface area contributed by atoms with Crippen LogP contribution in [-0.4, -0.2) is 36.5 Å².